The largest absolute Gasteiger partial charge is 0.321 e. The average molecular weight is 189 g/mol. The average Bonchev–Trinajstić information content (AvgIpc) is 2.80. The molecule has 1 aliphatic carbocycles. The van der Waals surface area contributed by atoms with Gasteiger partial charge in [0.25, 0.3) is 0 Å². The summed E-state index contributed by atoms with van der Waals surface area (Å²) in [5.41, 5.74) is 9.06. The molecule has 76 valence electrons. The molecule has 1 aliphatic rings. The van der Waals surface area contributed by atoms with E-state index in [1.165, 1.54) is 11.1 Å². The minimum absolute atomic E-state index is 0.0283. The van der Waals surface area contributed by atoms with Crippen LogP contribution in [-0.4, -0.2) is 0 Å². The SMILES string of the molecule is Cc1ccccc1C1(N)CC1C(C)C. The normalized spacial score (nSPS) is 30.8. The van der Waals surface area contributed by atoms with E-state index in [1.54, 1.807) is 0 Å². The van der Waals surface area contributed by atoms with Crippen molar-refractivity contribution in [1.82, 2.24) is 0 Å². The second-order valence-electron chi connectivity index (χ2n) is 4.91. The fourth-order valence-corrected chi connectivity index (χ4v) is 2.54. The highest BCUT2D eigenvalue weighted by Crippen LogP contribution is 2.54. The topological polar surface area (TPSA) is 26.0 Å². The second-order valence-corrected chi connectivity index (χ2v) is 4.91. The molecule has 2 rings (SSSR count). The van der Waals surface area contributed by atoms with Crippen LogP contribution in [0.15, 0.2) is 24.3 Å². The minimum atomic E-state index is -0.0283. The summed E-state index contributed by atoms with van der Waals surface area (Å²) in [6.07, 6.45) is 1.15. The van der Waals surface area contributed by atoms with Gasteiger partial charge >= 0.3 is 0 Å². The molecule has 0 spiro atoms. The Hall–Kier alpha value is -0.820. The zero-order valence-corrected chi connectivity index (χ0v) is 9.25. The van der Waals surface area contributed by atoms with E-state index in [4.69, 9.17) is 5.73 Å². The summed E-state index contributed by atoms with van der Waals surface area (Å²) in [6.45, 7) is 6.68. The lowest BCUT2D eigenvalue weighted by Crippen LogP contribution is -2.24. The van der Waals surface area contributed by atoms with Crippen molar-refractivity contribution in [2.24, 2.45) is 17.6 Å². The van der Waals surface area contributed by atoms with Crippen LogP contribution in [0.1, 0.15) is 31.4 Å². The molecule has 1 nitrogen and oxygen atoms in total. The Kier molecular flexibility index (Phi) is 2.15. The predicted octanol–water partition coefficient (Wildman–Crippen LogP) is 2.82. The van der Waals surface area contributed by atoms with Gasteiger partial charge in [0.15, 0.2) is 0 Å². The molecule has 0 amide bonds. The third-order valence-corrected chi connectivity index (χ3v) is 3.51. The van der Waals surface area contributed by atoms with E-state index in [0.29, 0.717) is 11.8 Å². The molecule has 0 saturated heterocycles. The molecule has 1 saturated carbocycles. The van der Waals surface area contributed by atoms with Gasteiger partial charge in [-0.1, -0.05) is 38.1 Å². The van der Waals surface area contributed by atoms with E-state index in [1.807, 2.05) is 0 Å². The summed E-state index contributed by atoms with van der Waals surface area (Å²) >= 11 is 0. The van der Waals surface area contributed by atoms with Gasteiger partial charge < -0.3 is 5.73 Å². The van der Waals surface area contributed by atoms with Crippen molar-refractivity contribution in [1.29, 1.82) is 0 Å². The van der Waals surface area contributed by atoms with Gasteiger partial charge in [0, 0.05) is 5.54 Å². The maximum absolute atomic E-state index is 6.41. The smallest absolute Gasteiger partial charge is 0.0447 e. The van der Waals surface area contributed by atoms with Gasteiger partial charge in [-0.15, -0.1) is 0 Å². The van der Waals surface area contributed by atoms with Gasteiger partial charge in [-0.3, -0.25) is 0 Å². The van der Waals surface area contributed by atoms with Gasteiger partial charge in [-0.05, 0) is 36.3 Å². The van der Waals surface area contributed by atoms with Crippen LogP contribution in [0.3, 0.4) is 0 Å². The van der Waals surface area contributed by atoms with Gasteiger partial charge in [-0.2, -0.15) is 0 Å². The molecule has 1 fully saturated rings. The quantitative estimate of drug-likeness (QED) is 0.760. The monoisotopic (exact) mass is 189 g/mol. The Morgan fingerprint density at radius 3 is 2.50 bits per heavy atom. The Balaban J connectivity index is 2.30. The van der Waals surface area contributed by atoms with Crippen molar-refractivity contribution in [3.05, 3.63) is 35.4 Å². The Morgan fingerprint density at radius 2 is 2.00 bits per heavy atom. The first-order valence-corrected chi connectivity index (χ1v) is 5.40. The second kappa shape index (κ2) is 3.09. The van der Waals surface area contributed by atoms with Crippen molar-refractivity contribution in [3.63, 3.8) is 0 Å². The van der Waals surface area contributed by atoms with Crippen LogP contribution < -0.4 is 5.73 Å². The molecule has 0 aromatic heterocycles. The fraction of sp³-hybridized carbons (Fsp3) is 0.538. The van der Waals surface area contributed by atoms with Crippen molar-refractivity contribution >= 4 is 0 Å². The highest BCUT2D eigenvalue weighted by atomic mass is 14.9. The number of nitrogens with two attached hydrogens (primary N) is 1. The van der Waals surface area contributed by atoms with Crippen LogP contribution in [0.25, 0.3) is 0 Å². The van der Waals surface area contributed by atoms with Crippen LogP contribution in [0.4, 0.5) is 0 Å². The summed E-state index contributed by atoms with van der Waals surface area (Å²) in [7, 11) is 0. The third kappa shape index (κ3) is 1.36. The van der Waals surface area contributed by atoms with Crippen LogP contribution in [0.5, 0.6) is 0 Å². The van der Waals surface area contributed by atoms with Crippen LogP contribution in [0.2, 0.25) is 0 Å². The minimum Gasteiger partial charge on any atom is -0.321 e. The van der Waals surface area contributed by atoms with E-state index in [2.05, 4.69) is 45.0 Å². The van der Waals surface area contributed by atoms with E-state index in [9.17, 15) is 0 Å². The molecule has 2 atom stereocenters. The standard InChI is InChI=1S/C13H19N/c1-9(2)12-8-13(12,14)11-7-5-4-6-10(11)3/h4-7,9,12H,8,14H2,1-3H3. The van der Waals surface area contributed by atoms with E-state index >= 15 is 0 Å². The molecule has 14 heavy (non-hydrogen) atoms. The molecule has 1 heteroatoms. The van der Waals surface area contributed by atoms with Crippen molar-refractivity contribution in [3.8, 4) is 0 Å². The van der Waals surface area contributed by atoms with Gasteiger partial charge in [0.2, 0.25) is 0 Å². The van der Waals surface area contributed by atoms with E-state index in [0.717, 1.165) is 6.42 Å². The lowest BCUT2D eigenvalue weighted by atomic mass is 9.94. The molecule has 1 aromatic carbocycles. The van der Waals surface area contributed by atoms with E-state index < -0.39 is 0 Å². The summed E-state index contributed by atoms with van der Waals surface area (Å²) in [6, 6.07) is 8.50. The van der Waals surface area contributed by atoms with Crippen molar-refractivity contribution in [2.75, 3.05) is 0 Å². The highest BCUT2D eigenvalue weighted by molar-refractivity contribution is 5.38. The Bertz CT molecular complexity index is 343. The third-order valence-electron chi connectivity index (χ3n) is 3.51. The molecule has 0 radical (unpaired) electrons. The van der Waals surface area contributed by atoms with E-state index in [-0.39, 0.29) is 5.54 Å². The number of aryl methyl sites for hydroxylation is 1. The highest BCUT2D eigenvalue weighted by Gasteiger charge is 2.53. The van der Waals surface area contributed by atoms with Crippen LogP contribution in [-0.2, 0) is 5.54 Å². The number of hydrogen-bond donors (Lipinski definition) is 1. The summed E-state index contributed by atoms with van der Waals surface area (Å²) in [4.78, 5) is 0. The van der Waals surface area contributed by atoms with Gasteiger partial charge in [0.1, 0.15) is 0 Å². The lowest BCUT2D eigenvalue weighted by molar-refractivity contribution is 0.487. The number of hydrogen-bond acceptors (Lipinski definition) is 1. The molecule has 0 heterocycles. The van der Waals surface area contributed by atoms with Crippen molar-refractivity contribution in [2.45, 2.75) is 32.7 Å². The summed E-state index contributed by atoms with van der Waals surface area (Å²) in [5, 5.41) is 0. The first kappa shape index (κ1) is 9.72. The molecule has 2 unspecified atom stereocenters. The molecule has 0 aliphatic heterocycles. The zero-order chi connectivity index (χ0) is 10.3. The fourth-order valence-electron chi connectivity index (χ4n) is 2.54. The molecule has 2 N–H and O–H groups in total. The zero-order valence-electron chi connectivity index (χ0n) is 9.25. The van der Waals surface area contributed by atoms with Crippen LogP contribution >= 0.6 is 0 Å². The number of rotatable bonds is 2. The maximum Gasteiger partial charge on any atom is 0.0447 e. The predicted molar refractivity (Wildman–Crippen MR) is 60.0 cm³/mol. The Morgan fingerprint density at radius 1 is 1.36 bits per heavy atom. The molecule has 1 aromatic rings. The van der Waals surface area contributed by atoms with Gasteiger partial charge in [0.05, 0.1) is 0 Å². The lowest BCUT2D eigenvalue weighted by Gasteiger charge is -2.16. The molecular weight excluding hydrogens is 170 g/mol. The van der Waals surface area contributed by atoms with Crippen LogP contribution in [0, 0.1) is 18.8 Å². The first-order chi connectivity index (χ1) is 6.55. The molecule has 0 bridgehead atoms. The molecular formula is C13H19N. The summed E-state index contributed by atoms with van der Waals surface area (Å²) in [5.74, 6) is 1.36. The van der Waals surface area contributed by atoms with Gasteiger partial charge in [-0.25, -0.2) is 0 Å². The van der Waals surface area contributed by atoms with Crippen molar-refractivity contribution < 1.29 is 0 Å². The number of benzene rings is 1. The maximum atomic E-state index is 6.41. The summed E-state index contributed by atoms with van der Waals surface area (Å²) < 4.78 is 0. The Labute approximate surface area is 86.3 Å². The first-order valence-electron chi connectivity index (χ1n) is 5.40.